The number of benzene rings is 4. The molecule has 0 aromatic heterocycles. The third kappa shape index (κ3) is 8.97. The van der Waals surface area contributed by atoms with E-state index in [1.807, 2.05) is 43.3 Å². The number of thioether (sulfide) groups is 1. The molecule has 0 unspecified atom stereocenters. The summed E-state index contributed by atoms with van der Waals surface area (Å²) in [6, 6.07) is 27.3. The lowest BCUT2D eigenvalue weighted by atomic mass is 10.1. The smallest absolute Gasteiger partial charge is 0.337 e. The van der Waals surface area contributed by atoms with Crippen molar-refractivity contribution < 1.29 is 24.3 Å². The minimum Gasteiger partial charge on any atom is -0.478 e. The Balaban J connectivity index is 1.41. The first-order valence-corrected chi connectivity index (χ1v) is 14.7. The van der Waals surface area contributed by atoms with E-state index in [2.05, 4.69) is 16.0 Å². The maximum atomic E-state index is 13.3. The van der Waals surface area contributed by atoms with Gasteiger partial charge in [0.05, 0.1) is 16.3 Å². The molecule has 0 saturated heterocycles. The Labute approximate surface area is 263 Å². The number of hydrogen-bond donors (Lipinski definition) is 4. The van der Waals surface area contributed by atoms with Crippen LogP contribution in [0, 0.1) is 0 Å². The first-order valence-electron chi connectivity index (χ1n) is 13.3. The summed E-state index contributed by atoms with van der Waals surface area (Å²) in [4.78, 5) is 52.6. The molecule has 4 aromatic rings. The molecule has 0 saturated carbocycles. The van der Waals surface area contributed by atoms with Gasteiger partial charge < -0.3 is 26.0 Å². The number of amides is 3. The summed E-state index contributed by atoms with van der Waals surface area (Å²) in [5, 5.41) is 17.5. The number of halogens is 1. The summed E-state index contributed by atoms with van der Waals surface area (Å²) in [5.41, 5.74) is 2.93. The van der Waals surface area contributed by atoms with Crippen LogP contribution in [0.5, 0.6) is 0 Å². The summed E-state index contributed by atoms with van der Waals surface area (Å²) in [6.07, 6.45) is 1.61. The van der Waals surface area contributed by atoms with Crippen molar-refractivity contribution in [3.8, 4) is 0 Å². The van der Waals surface area contributed by atoms with Gasteiger partial charge in [-0.3, -0.25) is 14.4 Å². The van der Waals surface area contributed by atoms with Crippen molar-refractivity contribution in [3.63, 3.8) is 0 Å². The van der Waals surface area contributed by atoms with Crippen LogP contribution < -0.4 is 20.9 Å². The van der Waals surface area contributed by atoms with Crippen molar-refractivity contribution in [2.45, 2.75) is 4.90 Å². The quantitative estimate of drug-likeness (QED) is 0.114. The Kier molecular flexibility index (Phi) is 10.8. The fourth-order valence-electron chi connectivity index (χ4n) is 3.92. The molecule has 3 amide bonds. The van der Waals surface area contributed by atoms with Crippen molar-refractivity contribution >= 4 is 70.2 Å². The molecule has 0 radical (unpaired) electrons. The van der Waals surface area contributed by atoms with E-state index in [0.29, 0.717) is 16.9 Å². The molecule has 9 nitrogen and oxygen atoms in total. The molecular weight excluding hydrogens is 600 g/mol. The average Bonchev–Trinajstić information content (AvgIpc) is 3.01. The van der Waals surface area contributed by atoms with Crippen LogP contribution in [0.25, 0.3) is 6.08 Å². The van der Waals surface area contributed by atoms with Gasteiger partial charge in [-0.2, -0.15) is 0 Å². The molecule has 0 aliphatic rings. The third-order valence-electron chi connectivity index (χ3n) is 6.21. The number of anilines is 3. The van der Waals surface area contributed by atoms with Crippen molar-refractivity contribution in [1.82, 2.24) is 5.32 Å². The minimum absolute atomic E-state index is 0.0693. The normalized spacial score (nSPS) is 10.9. The molecule has 224 valence electrons. The Morgan fingerprint density at radius 1 is 0.841 bits per heavy atom. The fraction of sp³-hybridized carbons (Fsp3) is 0.0909. The predicted octanol–water partition coefficient (Wildman–Crippen LogP) is 6.24. The summed E-state index contributed by atoms with van der Waals surface area (Å²) < 4.78 is 0. The zero-order valence-corrected chi connectivity index (χ0v) is 25.4. The van der Waals surface area contributed by atoms with E-state index in [-0.39, 0.29) is 27.9 Å². The summed E-state index contributed by atoms with van der Waals surface area (Å²) in [6.45, 7) is 0. The molecule has 0 spiro atoms. The van der Waals surface area contributed by atoms with Gasteiger partial charge in [0.15, 0.2) is 0 Å². The number of hydrogen-bond acceptors (Lipinski definition) is 6. The number of carboxylic acids is 1. The lowest BCUT2D eigenvalue weighted by Crippen LogP contribution is -2.30. The Morgan fingerprint density at radius 2 is 1.50 bits per heavy atom. The number of nitrogens with one attached hydrogen (secondary N) is 3. The number of aromatic carboxylic acids is 1. The molecule has 4 aromatic carbocycles. The zero-order chi connectivity index (χ0) is 31.6. The highest BCUT2D eigenvalue weighted by Crippen LogP contribution is 2.23. The second-order valence-electron chi connectivity index (χ2n) is 9.68. The highest BCUT2D eigenvalue weighted by Gasteiger charge is 2.16. The topological polar surface area (TPSA) is 128 Å². The van der Waals surface area contributed by atoms with E-state index >= 15 is 0 Å². The van der Waals surface area contributed by atoms with Crippen LogP contribution in [0.4, 0.5) is 17.1 Å². The van der Waals surface area contributed by atoms with E-state index in [1.54, 1.807) is 60.7 Å². The van der Waals surface area contributed by atoms with Crippen LogP contribution in [0.2, 0.25) is 5.02 Å². The molecule has 0 heterocycles. The van der Waals surface area contributed by atoms with Gasteiger partial charge in [-0.25, -0.2) is 4.79 Å². The monoisotopic (exact) mass is 628 g/mol. The largest absolute Gasteiger partial charge is 0.478 e. The van der Waals surface area contributed by atoms with Crippen LogP contribution in [-0.2, 0) is 9.59 Å². The molecule has 0 atom stereocenters. The van der Waals surface area contributed by atoms with Gasteiger partial charge in [-0.05, 0) is 78.4 Å². The number of carboxylic acid groups (broad SMARTS) is 1. The lowest BCUT2D eigenvalue weighted by Gasteiger charge is -2.13. The van der Waals surface area contributed by atoms with Crippen LogP contribution in [0.3, 0.4) is 0 Å². The number of carbonyl (C=O) groups excluding carboxylic acids is 3. The molecule has 0 aliphatic carbocycles. The second-order valence-corrected chi connectivity index (χ2v) is 11.1. The van der Waals surface area contributed by atoms with E-state index in [0.717, 1.165) is 16.1 Å². The van der Waals surface area contributed by atoms with E-state index in [4.69, 9.17) is 11.6 Å². The standard InChI is InChI=1S/C33H29ClN4O5S/c1-38(2)25-13-8-21(9-14-25)18-29(37-31(40)22-6-4-3-5-7-22)32(41)36-23-10-15-26(16-11-23)44-20-30(39)35-24-12-17-28(34)27(19-24)33(42)43/h3-19H,20H2,1-2H3,(H,35,39)(H,36,41)(H,37,40)(H,42,43)/b29-18-. The Morgan fingerprint density at radius 3 is 2.14 bits per heavy atom. The SMILES string of the molecule is CN(C)c1ccc(/C=C(\NC(=O)c2ccccc2)C(=O)Nc2ccc(SCC(=O)Nc3ccc(Cl)c(C(=O)O)c3)cc2)cc1. The molecule has 0 fully saturated rings. The first kappa shape index (κ1) is 31.9. The van der Waals surface area contributed by atoms with Crippen molar-refractivity contribution in [3.05, 3.63) is 124 Å². The fourth-order valence-corrected chi connectivity index (χ4v) is 4.82. The van der Waals surface area contributed by atoms with E-state index < -0.39 is 17.8 Å². The molecule has 11 heteroatoms. The second kappa shape index (κ2) is 14.9. The van der Waals surface area contributed by atoms with Gasteiger partial charge in [0.2, 0.25) is 5.91 Å². The summed E-state index contributed by atoms with van der Waals surface area (Å²) in [5.74, 6) is -2.36. The maximum absolute atomic E-state index is 13.3. The maximum Gasteiger partial charge on any atom is 0.337 e. The molecule has 44 heavy (non-hydrogen) atoms. The number of carbonyl (C=O) groups is 4. The van der Waals surface area contributed by atoms with Crippen molar-refractivity contribution in [1.29, 1.82) is 0 Å². The van der Waals surface area contributed by atoms with Gasteiger partial charge in [0, 0.05) is 41.6 Å². The van der Waals surface area contributed by atoms with Crippen LogP contribution in [0.15, 0.2) is 108 Å². The van der Waals surface area contributed by atoms with Crippen LogP contribution in [-0.4, -0.2) is 48.6 Å². The first-order chi connectivity index (χ1) is 21.1. The van der Waals surface area contributed by atoms with Crippen LogP contribution >= 0.6 is 23.4 Å². The van der Waals surface area contributed by atoms with Gasteiger partial charge in [0.25, 0.3) is 11.8 Å². The Bertz CT molecular complexity index is 1690. The molecule has 4 rings (SSSR count). The van der Waals surface area contributed by atoms with E-state index in [1.165, 1.54) is 30.0 Å². The highest BCUT2D eigenvalue weighted by atomic mass is 35.5. The molecule has 4 N–H and O–H groups in total. The van der Waals surface area contributed by atoms with Crippen molar-refractivity contribution in [2.75, 3.05) is 35.4 Å². The predicted molar refractivity (Wildman–Crippen MR) is 175 cm³/mol. The number of rotatable bonds is 11. The van der Waals surface area contributed by atoms with Gasteiger partial charge in [-0.15, -0.1) is 11.8 Å². The van der Waals surface area contributed by atoms with Gasteiger partial charge >= 0.3 is 5.97 Å². The lowest BCUT2D eigenvalue weighted by molar-refractivity contribution is -0.114. The summed E-state index contributed by atoms with van der Waals surface area (Å²) in [7, 11) is 3.87. The average molecular weight is 629 g/mol. The number of nitrogens with zero attached hydrogens (tertiary/aromatic N) is 1. The molecule has 0 aliphatic heterocycles. The minimum atomic E-state index is -1.19. The third-order valence-corrected chi connectivity index (χ3v) is 7.55. The van der Waals surface area contributed by atoms with Gasteiger partial charge in [0.1, 0.15) is 5.70 Å². The van der Waals surface area contributed by atoms with E-state index in [9.17, 15) is 24.3 Å². The summed E-state index contributed by atoms with van der Waals surface area (Å²) >= 11 is 7.15. The molecule has 0 bridgehead atoms. The molecular formula is C33H29ClN4O5S. The van der Waals surface area contributed by atoms with Crippen LogP contribution in [0.1, 0.15) is 26.3 Å². The highest BCUT2D eigenvalue weighted by molar-refractivity contribution is 8.00. The Hall–Kier alpha value is -5.06. The zero-order valence-electron chi connectivity index (χ0n) is 23.8. The van der Waals surface area contributed by atoms with Gasteiger partial charge in [-0.1, -0.05) is 41.9 Å². The van der Waals surface area contributed by atoms with Crippen molar-refractivity contribution in [2.24, 2.45) is 0 Å².